The minimum atomic E-state index is -0.0231. The zero-order chi connectivity index (χ0) is 11.1. The van der Waals surface area contributed by atoms with Crippen LogP contribution in [0.4, 0.5) is 0 Å². The van der Waals surface area contributed by atoms with Crippen molar-refractivity contribution in [2.75, 3.05) is 0 Å². The van der Waals surface area contributed by atoms with E-state index in [2.05, 4.69) is 26.8 Å². The van der Waals surface area contributed by atoms with Gasteiger partial charge in [0.15, 0.2) is 0 Å². The van der Waals surface area contributed by atoms with Gasteiger partial charge in [0.05, 0.1) is 0 Å². The summed E-state index contributed by atoms with van der Waals surface area (Å²) >= 11 is 0. The van der Waals surface area contributed by atoms with E-state index in [0.29, 0.717) is 5.78 Å². The fraction of sp³-hybridized carbons (Fsp3) is 0.786. The van der Waals surface area contributed by atoms with Crippen molar-refractivity contribution >= 4 is 5.78 Å². The normalized spacial score (nSPS) is 35.4. The first kappa shape index (κ1) is 10.9. The van der Waals surface area contributed by atoms with Crippen LogP contribution in [-0.4, -0.2) is 5.78 Å². The van der Waals surface area contributed by atoms with Crippen molar-refractivity contribution in [1.82, 2.24) is 0 Å². The molecule has 0 aromatic heterocycles. The number of rotatable bonds is 0. The molecule has 1 heteroatoms. The monoisotopic (exact) mass is 206 g/mol. The molecule has 1 fully saturated rings. The predicted octanol–water partition coefficient (Wildman–Crippen LogP) is 3.88. The Balaban J connectivity index is 2.34. The predicted molar refractivity (Wildman–Crippen MR) is 62.7 cm³/mol. The Labute approximate surface area is 92.9 Å². The highest BCUT2D eigenvalue weighted by molar-refractivity contribution is 5.87. The topological polar surface area (TPSA) is 17.1 Å². The highest BCUT2D eigenvalue weighted by Gasteiger charge is 2.51. The van der Waals surface area contributed by atoms with Gasteiger partial charge in [0.25, 0.3) is 0 Å². The molecule has 1 nitrogen and oxygen atoms in total. The Morgan fingerprint density at radius 3 is 2.47 bits per heavy atom. The van der Waals surface area contributed by atoms with Gasteiger partial charge in [-0.1, -0.05) is 25.5 Å². The lowest BCUT2D eigenvalue weighted by molar-refractivity contribution is -0.141. The zero-order valence-electron chi connectivity index (χ0n) is 10.2. The molecule has 0 N–H and O–H groups in total. The standard InChI is InChI=1S/C14H22O/c1-11-6-9-14(10-7-11)12(15)5-4-8-13(14,2)3/h6H,4-5,7-10H2,1-3H3. The first-order valence-electron chi connectivity index (χ1n) is 6.17. The maximum absolute atomic E-state index is 12.3. The number of hydrogen-bond acceptors (Lipinski definition) is 1. The fourth-order valence-electron chi connectivity index (χ4n) is 3.38. The first-order valence-corrected chi connectivity index (χ1v) is 6.17. The third kappa shape index (κ3) is 1.56. The smallest absolute Gasteiger partial charge is 0.139 e. The Bertz CT molecular complexity index is 311. The number of Topliss-reactive ketones (excluding diaryl/α,β-unsaturated/α-hetero) is 1. The van der Waals surface area contributed by atoms with Crippen LogP contribution in [0.1, 0.15) is 59.3 Å². The summed E-state index contributed by atoms with van der Waals surface area (Å²) in [7, 11) is 0. The highest BCUT2D eigenvalue weighted by atomic mass is 16.1. The van der Waals surface area contributed by atoms with E-state index >= 15 is 0 Å². The van der Waals surface area contributed by atoms with E-state index in [4.69, 9.17) is 0 Å². The molecule has 1 atom stereocenters. The Hall–Kier alpha value is -0.590. The minimum Gasteiger partial charge on any atom is -0.299 e. The Kier molecular flexibility index (Phi) is 2.52. The summed E-state index contributed by atoms with van der Waals surface area (Å²) in [6.07, 6.45) is 8.62. The SMILES string of the molecule is CC1=CCC2(CC1)C(=O)CCCC2(C)C. The second-order valence-electron chi connectivity index (χ2n) is 6.00. The third-order valence-corrected chi connectivity index (χ3v) is 4.78. The molecule has 84 valence electrons. The molecule has 1 unspecified atom stereocenters. The number of ketones is 1. The number of hydrogen-bond donors (Lipinski definition) is 0. The molecular formula is C14H22O. The summed E-state index contributed by atoms with van der Waals surface area (Å²) < 4.78 is 0. The molecule has 2 aliphatic carbocycles. The molecule has 0 bridgehead atoms. The minimum absolute atomic E-state index is 0.0231. The van der Waals surface area contributed by atoms with Gasteiger partial charge in [-0.15, -0.1) is 0 Å². The summed E-state index contributed by atoms with van der Waals surface area (Å²) in [6, 6.07) is 0. The molecule has 1 spiro atoms. The molecule has 0 saturated heterocycles. The molecule has 2 aliphatic rings. The highest BCUT2D eigenvalue weighted by Crippen LogP contribution is 2.55. The van der Waals surface area contributed by atoms with Crippen molar-refractivity contribution in [3.05, 3.63) is 11.6 Å². The van der Waals surface area contributed by atoms with Gasteiger partial charge in [-0.25, -0.2) is 0 Å². The average Bonchev–Trinajstić information content (AvgIpc) is 2.16. The van der Waals surface area contributed by atoms with Gasteiger partial charge < -0.3 is 0 Å². The van der Waals surface area contributed by atoms with E-state index in [9.17, 15) is 4.79 Å². The molecule has 0 aromatic carbocycles. The van der Waals surface area contributed by atoms with Gasteiger partial charge in [0, 0.05) is 11.8 Å². The summed E-state index contributed by atoms with van der Waals surface area (Å²) in [5.41, 5.74) is 1.65. The second kappa shape index (κ2) is 3.47. The molecule has 1 saturated carbocycles. The van der Waals surface area contributed by atoms with E-state index < -0.39 is 0 Å². The second-order valence-corrected chi connectivity index (χ2v) is 6.00. The fourth-order valence-corrected chi connectivity index (χ4v) is 3.38. The van der Waals surface area contributed by atoms with E-state index in [0.717, 1.165) is 32.1 Å². The van der Waals surface area contributed by atoms with Gasteiger partial charge in [-0.05, 0) is 44.4 Å². The van der Waals surface area contributed by atoms with Crippen LogP contribution >= 0.6 is 0 Å². The maximum Gasteiger partial charge on any atom is 0.139 e. The van der Waals surface area contributed by atoms with Gasteiger partial charge in [-0.3, -0.25) is 4.79 Å². The Morgan fingerprint density at radius 2 is 1.93 bits per heavy atom. The van der Waals surface area contributed by atoms with Crippen molar-refractivity contribution in [1.29, 1.82) is 0 Å². The van der Waals surface area contributed by atoms with Crippen LogP contribution in [0, 0.1) is 10.8 Å². The van der Waals surface area contributed by atoms with Gasteiger partial charge in [0.1, 0.15) is 5.78 Å². The van der Waals surface area contributed by atoms with Crippen molar-refractivity contribution in [2.24, 2.45) is 10.8 Å². The van der Waals surface area contributed by atoms with Gasteiger partial charge in [0.2, 0.25) is 0 Å². The largest absolute Gasteiger partial charge is 0.299 e. The molecule has 15 heavy (non-hydrogen) atoms. The van der Waals surface area contributed by atoms with Crippen LogP contribution in [0.15, 0.2) is 11.6 Å². The molecule has 0 heterocycles. The van der Waals surface area contributed by atoms with Crippen LogP contribution in [-0.2, 0) is 4.79 Å². The molecule has 0 aliphatic heterocycles. The van der Waals surface area contributed by atoms with Crippen molar-refractivity contribution in [2.45, 2.75) is 59.3 Å². The lowest BCUT2D eigenvalue weighted by Crippen LogP contribution is -2.48. The van der Waals surface area contributed by atoms with Crippen LogP contribution < -0.4 is 0 Å². The quantitative estimate of drug-likeness (QED) is 0.550. The Morgan fingerprint density at radius 1 is 1.20 bits per heavy atom. The maximum atomic E-state index is 12.3. The molecule has 0 amide bonds. The van der Waals surface area contributed by atoms with Crippen LogP contribution in [0.5, 0.6) is 0 Å². The van der Waals surface area contributed by atoms with Gasteiger partial charge >= 0.3 is 0 Å². The van der Waals surface area contributed by atoms with Crippen LogP contribution in [0.2, 0.25) is 0 Å². The summed E-state index contributed by atoms with van der Waals surface area (Å²) in [5.74, 6) is 0.530. The van der Waals surface area contributed by atoms with Crippen LogP contribution in [0.3, 0.4) is 0 Å². The molecule has 0 aromatic rings. The molecule has 0 radical (unpaired) electrons. The number of carbonyl (C=O) groups excluding carboxylic acids is 1. The van der Waals surface area contributed by atoms with Crippen molar-refractivity contribution < 1.29 is 4.79 Å². The average molecular weight is 206 g/mol. The summed E-state index contributed by atoms with van der Waals surface area (Å²) in [6.45, 7) is 6.77. The number of carbonyl (C=O) groups is 1. The van der Waals surface area contributed by atoms with E-state index in [1.165, 1.54) is 12.0 Å². The summed E-state index contributed by atoms with van der Waals surface area (Å²) in [5, 5.41) is 0. The first-order chi connectivity index (χ1) is 6.98. The lowest BCUT2D eigenvalue weighted by Gasteiger charge is -2.50. The molecule has 2 rings (SSSR count). The lowest BCUT2D eigenvalue weighted by atomic mass is 9.52. The zero-order valence-corrected chi connectivity index (χ0v) is 10.2. The van der Waals surface area contributed by atoms with Crippen molar-refractivity contribution in [3.63, 3.8) is 0 Å². The number of allylic oxidation sites excluding steroid dienone is 2. The van der Waals surface area contributed by atoms with Gasteiger partial charge in [-0.2, -0.15) is 0 Å². The third-order valence-electron chi connectivity index (χ3n) is 4.78. The van der Waals surface area contributed by atoms with E-state index in [1.54, 1.807) is 0 Å². The van der Waals surface area contributed by atoms with E-state index in [1.807, 2.05) is 0 Å². The summed E-state index contributed by atoms with van der Waals surface area (Å²) in [4.78, 5) is 12.3. The molecular weight excluding hydrogens is 184 g/mol. The van der Waals surface area contributed by atoms with Crippen molar-refractivity contribution in [3.8, 4) is 0 Å². The van der Waals surface area contributed by atoms with Crippen LogP contribution in [0.25, 0.3) is 0 Å². The van der Waals surface area contributed by atoms with E-state index in [-0.39, 0.29) is 10.8 Å².